The smallest absolute Gasteiger partial charge is 0.246 e. The molecule has 72 valence electrons. The Morgan fingerprint density at radius 3 is 2.46 bits per heavy atom. The van der Waals surface area contributed by atoms with Gasteiger partial charge in [-0.3, -0.25) is 4.79 Å². The summed E-state index contributed by atoms with van der Waals surface area (Å²) in [4.78, 5) is 13.1. The van der Waals surface area contributed by atoms with Crippen LogP contribution >= 0.6 is 0 Å². The fourth-order valence-electron chi connectivity index (χ4n) is 1.92. The molecule has 0 bridgehead atoms. The van der Waals surface area contributed by atoms with Crippen molar-refractivity contribution >= 4 is 5.91 Å². The van der Waals surface area contributed by atoms with Crippen LogP contribution < -0.4 is 0 Å². The number of rotatable bonds is 2. The average Bonchev–Trinajstić information content (AvgIpc) is 2.99. The first-order chi connectivity index (χ1) is 6.36. The van der Waals surface area contributed by atoms with E-state index in [2.05, 4.69) is 6.08 Å². The summed E-state index contributed by atoms with van der Waals surface area (Å²) < 4.78 is 0. The van der Waals surface area contributed by atoms with Crippen molar-refractivity contribution in [3.8, 4) is 0 Å². The SMILES string of the molecule is O=C(/C=C/C1CCCCC1)N1CC1. The largest absolute Gasteiger partial charge is 0.336 e. The van der Waals surface area contributed by atoms with Crippen LogP contribution in [-0.2, 0) is 4.79 Å². The molecule has 0 aromatic carbocycles. The molecule has 1 saturated carbocycles. The summed E-state index contributed by atoms with van der Waals surface area (Å²) in [6.07, 6.45) is 10.5. The van der Waals surface area contributed by atoms with E-state index in [1.165, 1.54) is 32.1 Å². The second-order valence-corrected chi connectivity index (χ2v) is 4.08. The van der Waals surface area contributed by atoms with E-state index in [9.17, 15) is 4.79 Å². The third-order valence-corrected chi connectivity index (χ3v) is 2.92. The highest BCUT2D eigenvalue weighted by atomic mass is 16.2. The number of hydrogen-bond donors (Lipinski definition) is 0. The maximum absolute atomic E-state index is 11.3. The van der Waals surface area contributed by atoms with Crippen molar-refractivity contribution < 1.29 is 4.79 Å². The first-order valence-corrected chi connectivity index (χ1v) is 5.33. The molecule has 1 heterocycles. The zero-order valence-corrected chi connectivity index (χ0v) is 8.04. The summed E-state index contributed by atoms with van der Waals surface area (Å²) in [5.74, 6) is 0.892. The van der Waals surface area contributed by atoms with Crippen molar-refractivity contribution in [3.05, 3.63) is 12.2 Å². The van der Waals surface area contributed by atoms with Gasteiger partial charge in [-0.15, -0.1) is 0 Å². The van der Waals surface area contributed by atoms with Gasteiger partial charge in [-0.2, -0.15) is 0 Å². The van der Waals surface area contributed by atoms with Crippen LogP contribution in [0.5, 0.6) is 0 Å². The van der Waals surface area contributed by atoms with Gasteiger partial charge < -0.3 is 4.90 Å². The number of amides is 1. The van der Waals surface area contributed by atoms with Crippen LogP contribution in [0.1, 0.15) is 32.1 Å². The van der Waals surface area contributed by atoms with E-state index < -0.39 is 0 Å². The second kappa shape index (κ2) is 3.95. The molecule has 2 fully saturated rings. The molecule has 2 nitrogen and oxygen atoms in total. The van der Waals surface area contributed by atoms with E-state index in [0.717, 1.165) is 13.1 Å². The van der Waals surface area contributed by atoms with Crippen molar-refractivity contribution in [2.45, 2.75) is 32.1 Å². The minimum absolute atomic E-state index is 0.213. The highest BCUT2D eigenvalue weighted by molar-refractivity contribution is 5.89. The molecule has 0 radical (unpaired) electrons. The van der Waals surface area contributed by atoms with Gasteiger partial charge in [0.25, 0.3) is 0 Å². The summed E-state index contributed by atoms with van der Waals surface area (Å²) in [5, 5.41) is 0. The average molecular weight is 179 g/mol. The van der Waals surface area contributed by atoms with Crippen LogP contribution in [0, 0.1) is 5.92 Å². The first-order valence-electron chi connectivity index (χ1n) is 5.33. The molecule has 0 aromatic heterocycles. The lowest BCUT2D eigenvalue weighted by atomic mass is 9.89. The number of nitrogens with zero attached hydrogens (tertiary/aromatic N) is 1. The van der Waals surface area contributed by atoms with Gasteiger partial charge in [0, 0.05) is 13.1 Å². The van der Waals surface area contributed by atoms with Crippen molar-refractivity contribution in [1.29, 1.82) is 0 Å². The number of carbonyl (C=O) groups is 1. The fourth-order valence-corrected chi connectivity index (χ4v) is 1.92. The van der Waals surface area contributed by atoms with E-state index in [4.69, 9.17) is 0 Å². The Morgan fingerprint density at radius 1 is 1.15 bits per heavy atom. The molecule has 2 aliphatic rings. The molecule has 1 aliphatic heterocycles. The molecule has 1 aliphatic carbocycles. The predicted octanol–water partition coefficient (Wildman–Crippen LogP) is 1.97. The van der Waals surface area contributed by atoms with Crippen LogP contribution in [-0.4, -0.2) is 23.9 Å². The number of carbonyl (C=O) groups excluding carboxylic acids is 1. The molecule has 1 amide bonds. The third-order valence-electron chi connectivity index (χ3n) is 2.92. The maximum Gasteiger partial charge on any atom is 0.246 e. The monoisotopic (exact) mass is 179 g/mol. The van der Waals surface area contributed by atoms with Gasteiger partial charge in [-0.1, -0.05) is 25.3 Å². The second-order valence-electron chi connectivity index (χ2n) is 4.08. The van der Waals surface area contributed by atoms with E-state index in [-0.39, 0.29) is 5.91 Å². The highest BCUT2D eigenvalue weighted by Crippen LogP contribution is 2.24. The van der Waals surface area contributed by atoms with Crippen molar-refractivity contribution in [2.24, 2.45) is 5.92 Å². The van der Waals surface area contributed by atoms with Crippen LogP contribution in [0.15, 0.2) is 12.2 Å². The Labute approximate surface area is 79.6 Å². The quantitative estimate of drug-likeness (QED) is 0.468. The molecular weight excluding hydrogens is 162 g/mol. The van der Waals surface area contributed by atoms with E-state index in [1.807, 2.05) is 4.90 Å². The van der Waals surface area contributed by atoms with Crippen molar-refractivity contribution in [1.82, 2.24) is 4.90 Å². The summed E-state index contributed by atoms with van der Waals surface area (Å²) in [7, 11) is 0. The summed E-state index contributed by atoms with van der Waals surface area (Å²) in [5.41, 5.74) is 0. The Morgan fingerprint density at radius 2 is 1.85 bits per heavy atom. The molecule has 13 heavy (non-hydrogen) atoms. The molecule has 2 rings (SSSR count). The molecule has 0 atom stereocenters. The number of allylic oxidation sites excluding steroid dienone is 1. The Kier molecular flexibility index (Phi) is 2.67. The van der Waals surface area contributed by atoms with Gasteiger partial charge in [-0.05, 0) is 24.8 Å². The Hall–Kier alpha value is -0.790. The zero-order valence-electron chi connectivity index (χ0n) is 8.04. The van der Waals surface area contributed by atoms with Crippen LogP contribution in [0.25, 0.3) is 0 Å². The predicted molar refractivity (Wildman–Crippen MR) is 52.3 cm³/mol. The molecule has 0 spiro atoms. The Bertz CT molecular complexity index is 212. The van der Waals surface area contributed by atoms with Crippen LogP contribution in [0.2, 0.25) is 0 Å². The van der Waals surface area contributed by atoms with E-state index >= 15 is 0 Å². The molecule has 2 heteroatoms. The summed E-state index contributed by atoms with van der Waals surface area (Å²) in [6.45, 7) is 1.93. The van der Waals surface area contributed by atoms with Crippen molar-refractivity contribution in [2.75, 3.05) is 13.1 Å². The van der Waals surface area contributed by atoms with Crippen LogP contribution in [0.4, 0.5) is 0 Å². The van der Waals surface area contributed by atoms with Gasteiger partial charge in [-0.25, -0.2) is 0 Å². The topological polar surface area (TPSA) is 20.1 Å². The molecule has 0 unspecified atom stereocenters. The summed E-state index contributed by atoms with van der Waals surface area (Å²) in [6, 6.07) is 0. The van der Waals surface area contributed by atoms with E-state index in [1.54, 1.807) is 6.08 Å². The highest BCUT2D eigenvalue weighted by Gasteiger charge is 2.21. The lowest BCUT2D eigenvalue weighted by Gasteiger charge is -2.17. The minimum atomic E-state index is 0.213. The standard InChI is InChI=1S/C11H17NO/c13-11(12-8-9-12)7-6-10-4-2-1-3-5-10/h6-7,10H,1-5,8-9H2/b7-6+. The lowest BCUT2D eigenvalue weighted by molar-refractivity contribution is -0.120. The number of hydrogen-bond acceptors (Lipinski definition) is 1. The molecule has 1 saturated heterocycles. The van der Waals surface area contributed by atoms with Gasteiger partial charge >= 0.3 is 0 Å². The third kappa shape index (κ3) is 2.58. The van der Waals surface area contributed by atoms with Gasteiger partial charge in [0.2, 0.25) is 5.91 Å². The molecule has 0 aromatic rings. The van der Waals surface area contributed by atoms with Gasteiger partial charge in [0.15, 0.2) is 0 Å². The normalized spacial score (nSPS) is 23.8. The lowest BCUT2D eigenvalue weighted by Crippen LogP contribution is -2.08. The van der Waals surface area contributed by atoms with Crippen molar-refractivity contribution in [3.63, 3.8) is 0 Å². The van der Waals surface area contributed by atoms with Crippen LogP contribution in [0.3, 0.4) is 0 Å². The van der Waals surface area contributed by atoms with Gasteiger partial charge in [0.1, 0.15) is 0 Å². The molecule has 0 N–H and O–H groups in total. The maximum atomic E-state index is 11.3. The van der Waals surface area contributed by atoms with Gasteiger partial charge in [0.05, 0.1) is 0 Å². The minimum Gasteiger partial charge on any atom is -0.336 e. The first kappa shape index (κ1) is 8.79. The van der Waals surface area contributed by atoms with E-state index in [0.29, 0.717) is 5.92 Å². The molecular formula is C11H17NO. The fraction of sp³-hybridized carbons (Fsp3) is 0.727. The zero-order chi connectivity index (χ0) is 9.10. The summed E-state index contributed by atoms with van der Waals surface area (Å²) >= 11 is 0. The Balaban J connectivity index is 1.77.